The minimum absolute atomic E-state index is 0.101. The average Bonchev–Trinajstić information content (AvgIpc) is 4.07. The van der Waals surface area contributed by atoms with E-state index in [0.29, 0.717) is 13.1 Å². The van der Waals surface area contributed by atoms with Crippen LogP contribution >= 0.6 is 22.7 Å². The maximum atomic E-state index is 13.6. The van der Waals surface area contributed by atoms with Gasteiger partial charge in [-0.05, 0) is 72.9 Å². The number of H-pyrrole nitrogens is 2. The van der Waals surface area contributed by atoms with Gasteiger partial charge in [-0.1, -0.05) is 52.0 Å². The number of aromatic amines is 2. The summed E-state index contributed by atoms with van der Waals surface area (Å²) in [6.45, 7) is 8.82. The molecule has 14 nitrogen and oxygen atoms in total. The summed E-state index contributed by atoms with van der Waals surface area (Å²) in [5.41, 5.74) is 4.01. The van der Waals surface area contributed by atoms with Crippen LogP contribution in [-0.4, -0.2) is 93.1 Å². The van der Waals surface area contributed by atoms with Crippen LogP contribution < -0.4 is 10.6 Å². The zero-order chi connectivity index (χ0) is 41.1. The van der Waals surface area contributed by atoms with Crippen molar-refractivity contribution in [2.75, 3.05) is 27.3 Å². The van der Waals surface area contributed by atoms with Crippen molar-refractivity contribution in [1.29, 1.82) is 0 Å². The van der Waals surface area contributed by atoms with E-state index in [4.69, 9.17) is 19.4 Å². The first-order chi connectivity index (χ1) is 27.9. The van der Waals surface area contributed by atoms with Crippen LogP contribution in [0.4, 0.5) is 9.59 Å². The normalized spacial score (nSPS) is 17.8. The zero-order valence-electron chi connectivity index (χ0n) is 33.5. The second kappa shape index (κ2) is 17.6. The predicted molar refractivity (Wildman–Crippen MR) is 224 cm³/mol. The first-order valence-electron chi connectivity index (χ1n) is 19.7. The van der Waals surface area contributed by atoms with Crippen LogP contribution in [0, 0.1) is 11.8 Å². The van der Waals surface area contributed by atoms with Crippen LogP contribution in [0.2, 0.25) is 0 Å². The van der Waals surface area contributed by atoms with Crippen molar-refractivity contribution in [3.8, 4) is 42.0 Å². The summed E-state index contributed by atoms with van der Waals surface area (Å²) in [6.07, 6.45) is 5.70. The highest BCUT2D eigenvalue weighted by molar-refractivity contribution is 7.19. The molecule has 0 aliphatic carbocycles. The van der Waals surface area contributed by atoms with E-state index < -0.39 is 24.3 Å². The van der Waals surface area contributed by atoms with Crippen molar-refractivity contribution >= 4 is 46.7 Å². The molecular weight excluding hydrogens is 777 g/mol. The number of hydrogen-bond donors (Lipinski definition) is 4. The molecular formula is C42H50N8O6S2. The summed E-state index contributed by atoms with van der Waals surface area (Å²) in [7, 11) is 2.59. The molecule has 0 saturated carbocycles. The molecule has 4 atom stereocenters. The Morgan fingerprint density at radius 1 is 0.638 bits per heavy atom. The topological polar surface area (TPSA) is 175 Å². The lowest BCUT2D eigenvalue weighted by molar-refractivity contribution is -0.136. The lowest BCUT2D eigenvalue weighted by Gasteiger charge is -2.30. The molecule has 4 N–H and O–H groups in total. The fourth-order valence-corrected chi connectivity index (χ4v) is 9.68. The van der Waals surface area contributed by atoms with Crippen LogP contribution in [0.15, 0.2) is 60.9 Å². The lowest BCUT2D eigenvalue weighted by atomic mass is 10.0. The highest BCUT2D eigenvalue weighted by Gasteiger charge is 2.39. The van der Waals surface area contributed by atoms with Gasteiger partial charge in [0, 0.05) is 22.8 Å². The molecule has 4 amide bonds. The van der Waals surface area contributed by atoms with Crippen molar-refractivity contribution < 1.29 is 28.7 Å². The quantitative estimate of drug-likeness (QED) is 0.0979. The molecule has 4 aromatic heterocycles. The largest absolute Gasteiger partial charge is 0.453 e. The van der Waals surface area contributed by atoms with Gasteiger partial charge in [0.15, 0.2) is 0 Å². The van der Waals surface area contributed by atoms with Crippen molar-refractivity contribution in [3.05, 3.63) is 72.6 Å². The number of rotatable bonds is 12. The number of benzene rings is 1. The number of nitrogens with zero attached hydrogens (tertiary/aromatic N) is 4. The number of ether oxygens (including phenoxy) is 2. The molecule has 1 aromatic carbocycles. The molecule has 2 fully saturated rings. The van der Waals surface area contributed by atoms with Crippen LogP contribution in [0.3, 0.4) is 0 Å². The molecule has 7 rings (SSSR count). The fourth-order valence-electron chi connectivity index (χ4n) is 7.72. The fraction of sp³-hybridized carbons (Fsp3) is 0.429. The molecule has 5 aromatic rings. The Morgan fingerprint density at radius 3 is 1.38 bits per heavy atom. The molecule has 0 radical (unpaired) electrons. The van der Waals surface area contributed by atoms with Crippen LogP contribution in [-0.2, 0) is 19.1 Å². The molecule has 6 heterocycles. The number of thiophene rings is 2. The van der Waals surface area contributed by atoms with E-state index in [9.17, 15) is 19.2 Å². The van der Waals surface area contributed by atoms with Gasteiger partial charge in [0.05, 0.1) is 59.8 Å². The number of carbonyl (C=O) groups excluding carboxylic acids is 4. The van der Waals surface area contributed by atoms with Crippen molar-refractivity contribution in [1.82, 2.24) is 40.4 Å². The average molecular weight is 827 g/mol. The second-order valence-corrected chi connectivity index (χ2v) is 17.5. The van der Waals surface area contributed by atoms with Gasteiger partial charge in [0.25, 0.3) is 0 Å². The van der Waals surface area contributed by atoms with Crippen LogP contribution in [0.25, 0.3) is 42.0 Å². The lowest BCUT2D eigenvalue weighted by Crippen LogP contribution is -2.51. The number of alkyl carbamates (subject to hydrolysis) is 2. The van der Waals surface area contributed by atoms with Gasteiger partial charge in [-0.3, -0.25) is 9.59 Å². The van der Waals surface area contributed by atoms with Gasteiger partial charge in [0.1, 0.15) is 23.7 Å². The van der Waals surface area contributed by atoms with Crippen molar-refractivity contribution in [2.45, 2.75) is 77.5 Å². The van der Waals surface area contributed by atoms with E-state index in [0.717, 1.165) is 79.4 Å². The molecule has 0 spiro atoms. The summed E-state index contributed by atoms with van der Waals surface area (Å²) in [6, 6.07) is 15.2. The van der Waals surface area contributed by atoms with E-state index in [2.05, 4.69) is 69.1 Å². The first-order valence-corrected chi connectivity index (χ1v) is 21.3. The minimum atomic E-state index is -0.684. The number of methoxy groups -OCH3 is 2. The number of amides is 4. The third-order valence-corrected chi connectivity index (χ3v) is 13.2. The van der Waals surface area contributed by atoms with Gasteiger partial charge in [-0.2, -0.15) is 0 Å². The molecule has 0 bridgehead atoms. The Labute approximate surface area is 345 Å². The zero-order valence-corrected chi connectivity index (χ0v) is 35.2. The van der Waals surface area contributed by atoms with E-state index in [1.54, 1.807) is 22.7 Å². The van der Waals surface area contributed by atoms with Crippen molar-refractivity contribution in [3.63, 3.8) is 0 Å². The molecule has 2 saturated heterocycles. The van der Waals surface area contributed by atoms with Gasteiger partial charge in [-0.15, -0.1) is 22.7 Å². The van der Waals surface area contributed by atoms with E-state index in [1.807, 2.05) is 49.9 Å². The first kappa shape index (κ1) is 40.7. The SMILES string of the molecule is COC(=O)NC(C(=O)N1CCC[C@H]1c1ncc(-c2ccc(-c3ccc(-c4ccc(-c5cnc([C@@H]6CCCN6C(=O)[C@@H](NC(=O)OC)C(C)C)[nH]5)s4)cc3)s2)[nH]1)C(C)C. The smallest absolute Gasteiger partial charge is 0.407 e. The molecule has 306 valence electrons. The standard InChI is InChI=1S/C42H50N8O6S2/c1-23(2)35(47-41(53)55-5)39(51)49-19-7-9-29(49)37-43-21-27(45-37)33-17-15-31(57-33)25-11-13-26(14-12-25)32-16-18-34(58-32)28-22-44-38(46-28)30-10-8-20-50(30)40(52)36(24(3)4)48-42(54)56-6/h11-18,21-24,29-30,35-36H,7-10,19-20H2,1-6H3,(H,43,45)(H,44,46)(H,47,53)(H,48,54)/t29-,30-,35-,36?/m0/s1. The number of imidazole rings is 2. The van der Waals surface area contributed by atoms with E-state index >= 15 is 0 Å². The summed E-state index contributed by atoms with van der Waals surface area (Å²) in [4.78, 5) is 75.4. The highest BCUT2D eigenvalue weighted by Crippen LogP contribution is 2.40. The van der Waals surface area contributed by atoms with Crippen molar-refractivity contribution in [2.24, 2.45) is 11.8 Å². The molecule has 16 heteroatoms. The number of nitrogens with one attached hydrogen (secondary N) is 4. The Morgan fingerprint density at radius 2 is 1.02 bits per heavy atom. The predicted octanol–water partition coefficient (Wildman–Crippen LogP) is 8.01. The maximum absolute atomic E-state index is 13.6. The Bertz CT molecular complexity index is 2080. The Balaban J connectivity index is 0.999. The molecule has 1 unspecified atom stereocenters. The third-order valence-electron chi connectivity index (χ3n) is 10.9. The van der Waals surface area contributed by atoms with Crippen LogP contribution in [0.5, 0.6) is 0 Å². The Hall–Kier alpha value is -5.48. The van der Waals surface area contributed by atoms with Gasteiger partial charge in [0.2, 0.25) is 11.8 Å². The summed E-state index contributed by atoms with van der Waals surface area (Å²) in [5.74, 6) is 1.01. The molecule has 2 aliphatic rings. The second-order valence-electron chi connectivity index (χ2n) is 15.4. The minimum Gasteiger partial charge on any atom is -0.453 e. The van der Waals surface area contributed by atoms with E-state index in [1.165, 1.54) is 14.2 Å². The molecule has 2 aliphatic heterocycles. The van der Waals surface area contributed by atoms with Gasteiger partial charge in [-0.25, -0.2) is 19.6 Å². The monoisotopic (exact) mass is 826 g/mol. The number of carbonyl (C=O) groups is 4. The number of aromatic nitrogens is 4. The van der Waals surface area contributed by atoms with E-state index in [-0.39, 0.29) is 35.7 Å². The third kappa shape index (κ3) is 8.53. The molecule has 58 heavy (non-hydrogen) atoms. The summed E-state index contributed by atoms with van der Waals surface area (Å²) >= 11 is 3.35. The highest BCUT2D eigenvalue weighted by atomic mass is 32.1. The number of hydrogen-bond acceptors (Lipinski definition) is 10. The van der Waals surface area contributed by atoms with Gasteiger partial charge < -0.3 is 39.9 Å². The maximum Gasteiger partial charge on any atom is 0.407 e. The van der Waals surface area contributed by atoms with Crippen LogP contribution in [0.1, 0.15) is 77.1 Å². The number of likely N-dealkylation sites (tertiary alicyclic amines) is 2. The van der Waals surface area contributed by atoms with Gasteiger partial charge >= 0.3 is 12.2 Å². The Kier molecular flexibility index (Phi) is 12.3. The summed E-state index contributed by atoms with van der Waals surface area (Å²) < 4.78 is 9.53. The summed E-state index contributed by atoms with van der Waals surface area (Å²) in [5, 5.41) is 5.41.